The summed E-state index contributed by atoms with van der Waals surface area (Å²) < 4.78 is 1.90. The second-order valence-electron chi connectivity index (χ2n) is 4.24. The van der Waals surface area contributed by atoms with Crippen molar-refractivity contribution in [2.45, 2.75) is 27.3 Å². The van der Waals surface area contributed by atoms with Gasteiger partial charge in [-0.05, 0) is 26.3 Å². The first-order valence-corrected chi connectivity index (χ1v) is 6.17. The monoisotopic (exact) mass is 265 g/mol. The zero-order valence-electron chi connectivity index (χ0n) is 10.7. The third kappa shape index (κ3) is 2.98. The van der Waals surface area contributed by atoms with Gasteiger partial charge in [-0.1, -0.05) is 11.6 Å². The first-order valence-electron chi connectivity index (χ1n) is 5.80. The van der Waals surface area contributed by atoms with Gasteiger partial charge in [0.2, 0.25) is 0 Å². The highest BCUT2D eigenvalue weighted by Gasteiger charge is 2.06. The molecule has 5 nitrogen and oxygen atoms in total. The fourth-order valence-electron chi connectivity index (χ4n) is 1.64. The summed E-state index contributed by atoms with van der Waals surface area (Å²) in [4.78, 5) is 8.43. The van der Waals surface area contributed by atoms with Crippen molar-refractivity contribution in [2.75, 3.05) is 11.9 Å². The molecular weight excluding hydrogens is 250 g/mol. The van der Waals surface area contributed by atoms with Gasteiger partial charge >= 0.3 is 0 Å². The summed E-state index contributed by atoms with van der Waals surface area (Å²) >= 11 is 6.01. The van der Waals surface area contributed by atoms with Gasteiger partial charge in [0.1, 0.15) is 16.8 Å². The van der Waals surface area contributed by atoms with Crippen molar-refractivity contribution >= 4 is 17.4 Å². The highest BCUT2D eigenvalue weighted by atomic mass is 35.5. The zero-order valence-corrected chi connectivity index (χ0v) is 11.5. The Labute approximate surface area is 111 Å². The summed E-state index contributed by atoms with van der Waals surface area (Å²) in [6, 6.07) is 0. The summed E-state index contributed by atoms with van der Waals surface area (Å²) in [5, 5.41) is 7.98. The van der Waals surface area contributed by atoms with Crippen LogP contribution in [0.1, 0.15) is 17.0 Å². The van der Waals surface area contributed by atoms with E-state index in [0.717, 1.165) is 30.0 Å². The van der Waals surface area contributed by atoms with Crippen molar-refractivity contribution in [1.82, 2.24) is 19.7 Å². The van der Waals surface area contributed by atoms with E-state index in [9.17, 15) is 0 Å². The number of hydrogen-bond acceptors (Lipinski definition) is 4. The molecule has 0 amide bonds. The van der Waals surface area contributed by atoms with Gasteiger partial charge in [-0.2, -0.15) is 5.10 Å². The lowest BCUT2D eigenvalue weighted by Crippen LogP contribution is -2.13. The van der Waals surface area contributed by atoms with Crippen molar-refractivity contribution in [2.24, 2.45) is 0 Å². The lowest BCUT2D eigenvalue weighted by Gasteiger charge is -2.10. The Morgan fingerprint density at radius 1 is 1.28 bits per heavy atom. The van der Waals surface area contributed by atoms with Gasteiger partial charge in [0.15, 0.2) is 0 Å². The molecule has 2 aromatic rings. The number of rotatable bonds is 4. The van der Waals surface area contributed by atoms with E-state index in [0.29, 0.717) is 11.0 Å². The van der Waals surface area contributed by atoms with Gasteiger partial charge in [0, 0.05) is 18.3 Å². The van der Waals surface area contributed by atoms with E-state index in [1.54, 1.807) is 0 Å². The number of hydrogen-bond donors (Lipinski definition) is 1. The summed E-state index contributed by atoms with van der Waals surface area (Å²) in [7, 11) is 0. The Bertz CT molecular complexity index is 549. The van der Waals surface area contributed by atoms with Crippen LogP contribution in [0.5, 0.6) is 0 Å². The standard InChI is InChI=1S/C12H16ClN5/c1-8-6-15-18(7-8)5-4-14-12-9(2)11(13)16-10(3)17-12/h6-7H,4-5H2,1-3H3,(H,14,16,17). The molecule has 6 heteroatoms. The molecule has 96 valence electrons. The molecular formula is C12H16ClN5. The Morgan fingerprint density at radius 3 is 2.72 bits per heavy atom. The van der Waals surface area contributed by atoms with E-state index < -0.39 is 0 Å². The molecule has 0 aliphatic rings. The summed E-state index contributed by atoms with van der Waals surface area (Å²) in [6.45, 7) is 7.28. The van der Waals surface area contributed by atoms with Crippen LogP contribution < -0.4 is 5.32 Å². The minimum absolute atomic E-state index is 0.500. The largest absolute Gasteiger partial charge is 0.368 e. The normalized spacial score (nSPS) is 10.7. The van der Waals surface area contributed by atoms with Crippen LogP contribution in [0.2, 0.25) is 5.15 Å². The maximum Gasteiger partial charge on any atom is 0.137 e. The number of anilines is 1. The molecule has 0 saturated carbocycles. The third-order valence-electron chi connectivity index (χ3n) is 2.59. The second-order valence-corrected chi connectivity index (χ2v) is 4.60. The Morgan fingerprint density at radius 2 is 2.06 bits per heavy atom. The molecule has 0 atom stereocenters. The number of nitrogens with one attached hydrogen (secondary N) is 1. The average Bonchev–Trinajstić information content (AvgIpc) is 2.71. The van der Waals surface area contributed by atoms with Crippen molar-refractivity contribution in [3.63, 3.8) is 0 Å². The van der Waals surface area contributed by atoms with Crippen LogP contribution in [0.3, 0.4) is 0 Å². The lowest BCUT2D eigenvalue weighted by molar-refractivity contribution is 0.636. The van der Waals surface area contributed by atoms with Crippen LogP contribution in [-0.4, -0.2) is 26.3 Å². The van der Waals surface area contributed by atoms with E-state index in [4.69, 9.17) is 11.6 Å². The van der Waals surface area contributed by atoms with Crippen molar-refractivity contribution in [3.8, 4) is 0 Å². The van der Waals surface area contributed by atoms with Gasteiger partial charge in [-0.3, -0.25) is 4.68 Å². The number of aryl methyl sites for hydroxylation is 2. The molecule has 0 radical (unpaired) electrons. The molecule has 0 aromatic carbocycles. The second kappa shape index (κ2) is 5.35. The zero-order chi connectivity index (χ0) is 13.1. The molecule has 2 rings (SSSR count). The van der Waals surface area contributed by atoms with E-state index >= 15 is 0 Å². The van der Waals surface area contributed by atoms with Crippen molar-refractivity contribution < 1.29 is 0 Å². The molecule has 0 aliphatic carbocycles. The van der Waals surface area contributed by atoms with Crippen LogP contribution in [0, 0.1) is 20.8 Å². The molecule has 2 heterocycles. The Balaban J connectivity index is 1.98. The van der Waals surface area contributed by atoms with E-state index in [1.807, 2.05) is 37.8 Å². The molecule has 0 fully saturated rings. The molecule has 0 saturated heterocycles. The Kier molecular flexibility index (Phi) is 3.81. The van der Waals surface area contributed by atoms with E-state index in [2.05, 4.69) is 20.4 Å². The molecule has 2 aromatic heterocycles. The summed E-state index contributed by atoms with van der Waals surface area (Å²) in [5.74, 6) is 1.46. The number of nitrogens with zero attached hydrogens (tertiary/aromatic N) is 4. The van der Waals surface area contributed by atoms with Gasteiger partial charge in [-0.25, -0.2) is 9.97 Å². The quantitative estimate of drug-likeness (QED) is 0.863. The SMILES string of the molecule is Cc1cnn(CCNc2nc(C)nc(Cl)c2C)c1. The molecule has 0 unspecified atom stereocenters. The molecule has 0 aliphatic heterocycles. The highest BCUT2D eigenvalue weighted by Crippen LogP contribution is 2.19. The van der Waals surface area contributed by atoms with Crippen LogP contribution in [0.4, 0.5) is 5.82 Å². The fraction of sp³-hybridized carbons (Fsp3) is 0.417. The summed E-state index contributed by atoms with van der Waals surface area (Å²) in [5.41, 5.74) is 2.03. The summed E-state index contributed by atoms with van der Waals surface area (Å²) in [6.07, 6.45) is 3.85. The van der Waals surface area contributed by atoms with Gasteiger partial charge in [-0.15, -0.1) is 0 Å². The lowest BCUT2D eigenvalue weighted by atomic mass is 10.3. The maximum atomic E-state index is 6.01. The minimum Gasteiger partial charge on any atom is -0.368 e. The van der Waals surface area contributed by atoms with Crippen LogP contribution in [0.15, 0.2) is 12.4 Å². The van der Waals surface area contributed by atoms with Gasteiger partial charge in [0.25, 0.3) is 0 Å². The third-order valence-corrected chi connectivity index (χ3v) is 2.96. The van der Waals surface area contributed by atoms with Crippen LogP contribution >= 0.6 is 11.6 Å². The molecule has 0 spiro atoms. The molecule has 18 heavy (non-hydrogen) atoms. The predicted octanol–water partition coefficient (Wildman–Crippen LogP) is 2.36. The van der Waals surface area contributed by atoms with Gasteiger partial charge < -0.3 is 5.32 Å². The topological polar surface area (TPSA) is 55.6 Å². The van der Waals surface area contributed by atoms with Crippen LogP contribution in [-0.2, 0) is 6.54 Å². The fourth-order valence-corrected chi connectivity index (χ4v) is 1.86. The smallest absolute Gasteiger partial charge is 0.137 e. The minimum atomic E-state index is 0.500. The maximum absolute atomic E-state index is 6.01. The predicted molar refractivity (Wildman–Crippen MR) is 72.0 cm³/mol. The number of aromatic nitrogens is 4. The van der Waals surface area contributed by atoms with Crippen molar-refractivity contribution in [3.05, 3.63) is 34.5 Å². The molecule has 0 bridgehead atoms. The van der Waals surface area contributed by atoms with E-state index in [1.165, 1.54) is 0 Å². The number of halogens is 1. The first-order chi connectivity index (χ1) is 8.56. The van der Waals surface area contributed by atoms with Crippen molar-refractivity contribution in [1.29, 1.82) is 0 Å². The first kappa shape index (κ1) is 12.8. The highest BCUT2D eigenvalue weighted by molar-refractivity contribution is 6.30. The Hall–Kier alpha value is -1.62. The molecule has 1 N–H and O–H groups in total. The van der Waals surface area contributed by atoms with Gasteiger partial charge in [0.05, 0.1) is 12.7 Å². The van der Waals surface area contributed by atoms with Crippen LogP contribution in [0.25, 0.3) is 0 Å². The van der Waals surface area contributed by atoms with E-state index in [-0.39, 0.29) is 0 Å². The average molecular weight is 266 g/mol.